The summed E-state index contributed by atoms with van der Waals surface area (Å²) in [7, 11) is 0. The number of amides is 1. The molecule has 9 nitrogen and oxygen atoms in total. The molecule has 1 N–H and O–H groups in total. The molecule has 1 amide bonds. The zero-order valence-corrected chi connectivity index (χ0v) is 20.9. The van der Waals surface area contributed by atoms with Crippen LogP contribution in [0.3, 0.4) is 0 Å². The summed E-state index contributed by atoms with van der Waals surface area (Å²) in [6, 6.07) is 7.59. The SMILES string of the molecule is Cc1c(-c2cc(Sc3ccc(F)cn3)c3c(C#N)cnn3c2)cnn1C1CC2CCC(C1)N2C(=O)CO. The molecule has 2 atom stereocenters. The van der Waals surface area contributed by atoms with Gasteiger partial charge < -0.3 is 10.0 Å². The fourth-order valence-electron chi connectivity index (χ4n) is 5.84. The number of pyridine rings is 2. The van der Waals surface area contributed by atoms with Crippen molar-refractivity contribution < 1.29 is 14.3 Å². The third kappa shape index (κ3) is 4.06. The first-order valence-corrected chi connectivity index (χ1v) is 13.0. The second-order valence-corrected chi connectivity index (χ2v) is 10.6. The van der Waals surface area contributed by atoms with E-state index in [-0.39, 0.29) is 24.0 Å². The lowest BCUT2D eigenvalue weighted by molar-refractivity contribution is -0.139. The van der Waals surface area contributed by atoms with Crippen molar-refractivity contribution in [1.82, 2.24) is 29.3 Å². The number of aliphatic hydroxyl groups is 1. The van der Waals surface area contributed by atoms with E-state index in [1.807, 2.05) is 30.3 Å². The van der Waals surface area contributed by atoms with E-state index in [9.17, 15) is 19.6 Å². The van der Waals surface area contributed by atoms with Gasteiger partial charge in [-0.2, -0.15) is 15.5 Å². The van der Waals surface area contributed by atoms with Crippen LogP contribution in [0.5, 0.6) is 0 Å². The van der Waals surface area contributed by atoms with Crippen molar-refractivity contribution in [3.63, 3.8) is 0 Å². The quantitative estimate of drug-likeness (QED) is 0.429. The second kappa shape index (κ2) is 9.28. The number of nitriles is 1. The van der Waals surface area contributed by atoms with Crippen LogP contribution in [0, 0.1) is 24.1 Å². The summed E-state index contributed by atoms with van der Waals surface area (Å²) in [5, 5.41) is 28.7. The van der Waals surface area contributed by atoms with Crippen LogP contribution in [-0.2, 0) is 4.79 Å². The largest absolute Gasteiger partial charge is 0.387 e. The first kappa shape index (κ1) is 23.6. The molecule has 4 aromatic heterocycles. The molecule has 2 aliphatic heterocycles. The van der Waals surface area contributed by atoms with Crippen LogP contribution in [0.1, 0.15) is 43.0 Å². The summed E-state index contributed by atoms with van der Waals surface area (Å²) < 4.78 is 17.1. The maximum atomic E-state index is 13.4. The van der Waals surface area contributed by atoms with Gasteiger partial charge in [-0.1, -0.05) is 11.8 Å². The van der Waals surface area contributed by atoms with Crippen LogP contribution in [0.2, 0.25) is 0 Å². The lowest BCUT2D eigenvalue weighted by Crippen LogP contribution is -2.48. The van der Waals surface area contributed by atoms with Gasteiger partial charge in [-0.05, 0) is 50.8 Å². The second-order valence-electron chi connectivity index (χ2n) is 9.53. The fraction of sp³-hybridized carbons (Fsp3) is 0.346. The molecule has 2 bridgehead atoms. The molecule has 4 aromatic rings. The van der Waals surface area contributed by atoms with Crippen LogP contribution in [0.4, 0.5) is 4.39 Å². The van der Waals surface area contributed by atoms with E-state index in [4.69, 9.17) is 5.10 Å². The highest BCUT2D eigenvalue weighted by Gasteiger charge is 2.44. The Morgan fingerprint density at radius 1 is 1.19 bits per heavy atom. The standard InChI is InChI=1S/C26H24FN7O2S/c1-15-22(12-31-34(15)21-7-19-3-4-20(8-21)33(19)25(36)14-35)16-6-23(37-24-5-2-18(27)11-29-24)26-17(9-28)10-30-32(26)13-16/h2,5-6,10-13,19-21,35H,3-4,7-8,14H2,1H3. The fourth-order valence-corrected chi connectivity index (χ4v) is 6.79. The zero-order valence-electron chi connectivity index (χ0n) is 20.1. The average molecular weight is 518 g/mol. The van der Waals surface area contributed by atoms with Crippen LogP contribution in [0.25, 0.3) is 16.6 Å². The Balaban J connectivity index is 1.35. The predicted molar refractivity (Wildman–Crippen MR) is 133 cm³/mol. The average Bonchev–Trinajstić information content (AvgIpc) is 3.58. The maximum Gasteiger partial charge on any atom is 0.248 e. The number of carbonyl (C=O) groups excluding carboxylic acids is 1. The smallest absolute Gasteiger partial charge is 0.248 e. The molecule has 2 saturated heterocycles. The highest BCUT2D eigenvalue weighted by molar-refractivity contribution is 7.99. The van der Waals surface area contributed by atoms with E-state index >= 15 is 0 Å². The molecule has 6 rings (SSSR count). The molecule has 188 valence electrons. The number of piperidine rings is 1. The Hall–Kier alpha value is -3.75. The van der Waals surface area contributed by atoms with Gasteiger partial charge in [0.1, 0.15) is 23.5 Å². The van der Waals surface area contributed by atoms with Gasteiger partial charge in [0.2, 0.25) is 5.91 Å². The topological polar surface area (TPSA) is 112 Å². The molecule has 0 aromatic carbocycles. The van der Waals surface area contributed by atoms with Gasteiger partial charge in [0, 0.05) is 40.0 Å². The van der Waals surface area contributed by atoms with Gasteiger partial charge in [-0.25, -0.2) is 13.9 Å². The molecule has 0 spiro atoms. The van der Waals surface area contributed by atoms with Gasteiger partial charge in [0.15, 0.2) is 0 Å². The minimum Gasteiger partial charge on any atom is -0.387 e. The van der Waals surface area contributed by atoms with Crippen molar-refractivity contribution in [3.05, 3.63) is 60.1 Å². The summed E-state index contributed by atoms with van der Waals surface area (Å²) in [6.45, 7) is 1.59. The van der Waals surface area contributed by atoms with E-state index in [1.54, 1.807) is 10.6 Å². The summed E-state index contributed by atoms with van der Waals surface area (Å²) in [6.07, 6.45) is 9.98. The van der Waals surface area contributed by atoms with Gasteiger partial charge in [0.05, 0.1) is 35.7 Å². The van der Waals surface area contributed by atoms with E-state index in [0.29, 0.717) is 16.1 Å². The van der Waals surface area contributed by atoms with E-state index in [2.05, 4.69) is 20.8 Å². The Morgan fingerprint density at radius 3 is 2.65 bits per heavy atom. The Labute approximate surface area is 216 Å². The monoisotopic (exact) mass is 517 g/mol. The van der Waals surface area contributed by atoms with Gasteiger partial charge in [0.25, 0.3) is 0 Å². The predicted octanol–water partition coefficient (Wildman–Crippen LogP) is 3.75. The molecule has 0 aliphatic carbocycles. The van der Waals surface area contributed by atoms with Crippen molar-refractivity contribution >= 4 is 23.2 Å². The van der Waals surface area contributed by atoms with Crippen molar-refractivity contribution in [3.8, 4) is 17.2 Å². The van der Waals surface area contributed by atoms with Crippen molar-refractivity contribution in [2.45, 2.75) is 60.7 Å². The molecule has 2 unspecified atom stereocenters. The molecule has 6 heterocycles. The number of hydrogen-bond acceptors (Lipinski definition) is 7. The first-order chi connectivity index (χ1) is 18.0. The molecular weight excluding hydrogens is 493 g/mol. The summed E-state index contributed by atoms with van der Waals surface area (Å²) in [5.74, 6) is -0.595. The number of fused-ring (bicyclic) bond motifs is 3. The van der Waals surface area contributed by atoms with E-state index in [1.165, 1.54) is 30.2 Å². The molecule has 2 fully saturated rings. The lowest BCUT2D eigenvalue weighted by atomic mass is 9.96. The van der Waals surface area contributed by atoms with Crippen molar-refractivity contribution in [2.75, 3.05) is 6.61 Å². The van der Waals surface area contributed by atoms with E-state index < -0.39 is 12.4 Å². The molecule has 2 aliphatic rings. The van der Waals surface area contributed by atoms with Crippen molar-refractivity contribution in [1.29, 1.82) is 5.26 Å². The van der Waals surface area contributed by atoms with Crippen LogP contribution < -0.4 is 0 Å². The van der Waals surface area contributed by atoms with Gasteiger partial charge >= 0.3 is 0 Å². The van der Waals surface area contributed by atoms with Gasteiger partial charge in [-0.3, -0.25) is 9.48 Å². The number of carbonyl (C=O) groups is 1. The zero-order chi connectivity index (χ0) is 25.7. The number of aromatic nitrogens is 5. The molecule has 11 heteroatoms. The molecule has 37 heavy (non-hydrogen) atoms. The van der Waals surface area contributed by atoms with E-state index in [0.717, 1.165) is 47.4 Å². The molecule has 0 saturated carbocycles. The highest BCUT2D eigenvalue weighted by Crippen LogP contribution is 2.42. The van der Waals surface area contributed by atoms with Crippen LogP contribution in [0.15, 0.2) is 52.9 Å². The minimum atomic E-state index is -0.445. The first-order valence-electron chi connectivity index (χ1n) is 12.1. The molecular formula is C26H24FN7O2S. The summed E-state index contributed by atoms with van der Waals surface area (Å²) in [5.41, 5.74) is 3.97. The highest BCUT2D eigenvalue weighted by atomic mass is 32.2. The van der Waals surface area contributed by atoms with Crippen LogP contribution >= 0.6 is 11.8 Å². The normalized spacial score (nSPS) is 20.9. The summed E-state index contributed by atoms with van der Waals surface area (Å²) >= 11 is 1.35. The Kier molecular flexibility index (Phi) is 5.93. The third-order valence-electron chi connectivity index (χ3n) is 7.45. The number of hydrogen-bond donors (Lipinski definition) is 1. The minimum absolute atomic E-state index is 0.131. The van der Waals surface area contributed by atoms with Gasteiger partial charge in [-0.15, -0.1) is 0 Å². The van der Waals surface area contributed by atoms with Crippen LogP contribution in [-0.4, -0.2) is 59.0 Å². The Morgan fingerprint density at radius 2 is 1.97 bits per heavy atom. The number of nitrogens with zero attached hydrogens (tertiary/aromatic N) is 7. The maximum absolute atomic E-state index is 13.4. The number of aliphatic hydroxyl groups excluding tert-OH is 1. The molecule has 0 radical (unpaired) electrons. The lowest BCUT2D eigenvalue weighted by Gasteiger charge is -2.39. The third-order valence-corrected chi connectivity index (χ3v) is 8.43. The van der Waals surface area contributed by atoms with Crippen molar-refractivity contribution in [2.24, 2.45) is 0 Å². The number of rotatable bonds is 5. The summed E-state index contributed by atoms with van der Waals surface area (Å²) in [4.78, 5) is 19.1. The Bertz CT molecular complexity index is 1530. The number of halogens is 1.